The molecule has 6 heteroatoms. The van der Waals surface area contributed by atoms with Crippen LogP contribution in [0.4, 0.5) is 5.69 Å². The van der Waals surface area contributed by atoms with Crippen LogP contribution in [0, 0.1) is 11.8 Å². The second-order valence-electron chi connectivity index (χ2n) is 8.70. The van der Waals surface area contributed by atoms with E-state index in [-0.39, 0.29) is 0 Å². The molecule has 0 aliphatic carbocycles. The Labute approximate surface area is 150 Å². The second kappa shape index (κ2) is 6.74. The number of aromatic nitrogens is 2. The normalized spacial score (nSPS) is 23.6. The first kappa shape index (κ1) is 17.1. The van der Waals surface area contributed by atoms with Gasteiger partial charge in [0.1, 0.15) is 12.4 Å². The Morgan fingerprint density at radius 1 is 1.24 bits per heavy atom. The van der Waals surface area contributed by atoms with Crippen LogP contribution in [0.25, 0.3) is 11.0 Å². The highest BCUT2D eigenvalue weighted by atomic mass is 28.3. The fourth-order valence-corrected chi connectivity index (χ4v) is 4.54. The fourth-order valence-electron chi connectivity index (χ4n) is 3.78. The molecule has 5 nitrogen and oxygen atoms in total. The number of ether oxygens (including phenoxy) is 2. The summed E-state index contributed by atoms with van der Waals surface area (Å²) in [5.74, 6) is 1.39. The number of hydrogen-bond donors (Lipinski definition) is 0. The van der Waals surface area contributed by atoms with Crippen molar-refractivity contribution in [3.05, 3.63) is 24.5 Å². The molecule has 0 saturated carbocycles. The van der Waals surface area contributed by atoms with Crippen LogP contribution in [-0.4, -0.2) is 50.5 Å². The number of fused-ring (bicyclic) bond motifs is 2. The van der Waals surface area contributed by atoms with Crippen molar-refractivity contribution in [2.75, 3.05) is 37.8 Å². The summed E-state index contributed by atoms with van der Waals surface area (Å²) in [5, 5.41) is 1.19. The van der Waals surface area contributed by atoms with E-state index >= 15 is 0 Å². The van der Waals surface area contributed by atoms with Gasteiger partial charge in [0.2, 0.25) is 0 Å². The minimum absolute atomic E-state index is 0.589. The standard InChI is InChI=1S/C19H29N3O2Si/c1-25(2,3)7-6-23-14-21-5-4-15-8-18(9-20-19(15)21)22-10-16-12-24-13-17(16)11-22/h4-5,8-9,16-17H,6-7,10-14H2,1-3H3/t16-,17+. The lowest BCUT2D eigenvalue weighted by Crippen LogP contribution is -2.22. The second-order valence-corrected chi connectivity index (χ2v) is 14.3. The van der Waals surface area contributed by atoms with Gasteiger partial charge in [0.05, 0.1) is 25.1 Å². The van der Waals surface area contributed by atoms with Crippen LogP contribution in [0.2, 0.25) is 25.7 Å². The van der Waals surface area contributed by atoms with Gasteiger partial charge in [-0.1, -0.05) is 19.6 Å². The van der Waals surface area contributed by atoms with Crippen LogP contribution in [0.5, 0.6) is 0 Å². The molecule has 4 rings (SSSR count). The molecule has 0 aromatic carbocycles. The van der Waals surface area contributed by atoms with Gasteiger partial charge < -0.3 is 18.9 Å². The maximum absolute atomic E-state index is 5.88. The largest absolute Gasteiger partial charge is 0.381 e. The third-order valence-corrected chi connectivity index (χ3v) is 7.12. The number of pyridine rings is 1. The maximum Gasteiger partial charge on any atom is 0.141 e. The molecule has 2 aliphatic rings. The van der Waals surface area contributed by atoms with Crippen molar-refractivity contribution in [2.45, 2.75) is 32.4 Å². The van der Waals surface area contributed by atoms with Crippen molar-refractivity contribution in [2.24, 2.45) is 11.8 Å². The van der Waals surface area contributed by atoms with Crippen molar-refractivity contribution >= 4 is 24.8 Å². The summed E-state index contributed by atoms with van der Waals surface area (Å²) in [6, 6.07) is 5.61. The number of anilines is 1. The lowest BCUT2D eigenvalue weighted by molar-refractivity contribution is 0.0899. The monoisotopic (exact) mass is 359 g/mol. The third-order valence-electron chi connectivity index (χ3n) is 5.42. The van der Waals surface area contributed by atoms with Crippen LogP contribution in [0.15, 0.2) is 24.5 Å². The Hall–Kier alpha value is -1.37. The molecule has 2 atom stereocenters. The third kappa shape index (κ3) is 3.76. The van der Waals surface area contributed by atoms with E-state index in [1.165, 1.54) is 17.1 Å². The molecule has 2 fully saturated rings. The smallest absolute Gasteiger partial charge is 0.141 e. The minimum Gasteiger partial charge on any atom is -0.381 e. The van der Waals surface area contributed by atoms with Gasteiger partial charge in [0.25, 0.3) is 0 Å². The SMILES string of the molecule is C[Si](C)(C)CCOCn1ccc2cc(N3C[C@H]4COC[C@H]4C3)cnc21. The van der Waals surface area contributed by atoms with Crippen LogP contribution >= 0.6 is 0 Å². The molecule has 0 bridgehead atoms. The Balaban J connectivity index is 1.41. The maximum atomic E-state index is 5.88. The van der Waals surface area contributed by atoms with Crippen molar-refractivity contribution in [3.63, 3.8) is 0 Å². The fraction of sp³-hybridized carbons (Fsp3) is 0.632. The minimum atomic E-state index is -1.03. The van der Waals surface area contributed by atoms with E-state index in [4.69, 9.17) is 14.5 Å². The van der Waals surface area contributed by atoms with E-state index in [1.54, 1.807) is 0 Å². The molecule has 136 valence electrons. The number of nitrogens with zero attached hydrogens (tertiary/aromatic N) is 3. The summed E-state index contributed by atoms with van der Waals surface area (Å²) in [4.78, 5) is 7.19. The summed E-state index contributed by atoms with van der Waals surface area (Å²) in [6.07, 6.45) is 4.10. The summed E-state index contributed by atoms with van der Waals surface area (Å²) in [7, 11) is -1.03. The van der Waals surface area contributed by atoms with Gasteiger partial charge in [-0.2, -0.15) is 0 Å². The van der Waals surface area contributed by atoms with E-state index in [0.717, 1.165) is 38.6 Å². The molecule has 4 heterocycles. The molecule has 0 unspecified atom stereocenters. The van der Waals surface area contributed by atoms with E-state index in [1.807, 2.05) is 6.20 Å². The Morgan fingerprint density at radius 3 is 2.72 bits per heavy atom. The first-order valence-corrected chi connectivity index (χ1v) is 13.1. The molecule has 0 spiro atoms. The number of hydrogen-bond acceptors (Lipinski definition) is 4. The number of rotatable bonds is 6. The average Bonchev–Trinajstić information content (AvgIpc) is 3.24. The van der Waals surface area contributed by atoms with E-state index < -0.39 is 8.07 Å². The highest BCUT2D eigenvalue weighted by molar-refractivity contribution is 6.76. The summed E-state index contributed by atoms with van der Waals surface area (Å²) in [5.41, 5.74) is 2.25. The Bertz CT molecular complexity index is 728. The van der Waals surface area contributed by atoms with Crippen LogP contribution in [0.3, 0.4) is 0 Å². The zero-order chi connectivity index (χ0) is 17.4. The van der Waals surface area contributed by atoms with Crippen molar-refractivity contribution < 1.29 is 9.47 Å². The molecule has 2 aliphatic heterocycles. The zero-order valence-electron chi connectivity index (χ0n) is 15.6. The quantitative estimate of drug-likeness (QED) is 0.585. The predicted octanol–water partition coefficient (Wildman–Crippen LogP) is 3.43. The topological polar surface area (TPSA) is 39.5 Å². The molecule has 0 N–H and O–H groups in total. The molecular weight excluding hydrogens is 330 g/mol. The summed E-state index contributed by atoms with van der Waals surface area (Å²) < 4.78 is 13.6. The summed E-state index contributed by atoms with van der Waals surface area (Å²) in [6.45, 7) is 12.6. The van der Waals surface area contributed by atoms with Gasteiger partial charge in [0, 0.05) is 51.2 Å². The van der Waals surface area contributed by atoms with Gasteiger partial charge in [0.15, 0.2) is 0 Å². The van der Waals surface area contributed by atoms with Crippen LogP contribution in [0.1, 0.15) is 0 Å². The summed E-state index contributed by atoms with van der Waals surface area (Å²) >= 11 is 0. The van der Waals surface area contributed by atoms with Crippen molar-refractivity contribution in [1.82, 2.24) is 9.55 Å². The van der Waals surface area contributed by atoms with Gasteiger partial charge in [-0.05, 0) is 18.2 Å². The van der Waals surface area contributed by atoms with Crippen LogP contribution < -0.4 is 4.90 Å². The Morgan fingerprint density at radius 2 is 2.00 bits per heavy atom. The lowest BCUT2D eigenvalue weighted by Gasteiger charge is -2.19. The molecule has 2 aromatic rings. The van der Waals surface area contributed by atoms with E-state index in [0.29, 0.717) is 18.6 Å². The van der Waals surface area contributed by atoms with Gasteiger partial charge in [-0.25, -0.2) is 4.98 Å². The van der Waals surface area contributed by atoms with Gasteiger partial charge >= 0.3 is 0 Å². The van der Waals surface area contributed by atoms with Crippen LogP contribution in [-0.2, 0) is 16.2 Å². The molecule has 25 heavy (non-hydrogen) atoms. The molecule has 0 amide bonds. The molecule has 0 radical (unpaired) electrons. The highest BCUT2D eigenvalue weighted by Gasteiger charge is 2.37. The Kier molecular flexibility index (Phi) is 4.60. The molecule has 2 aromatic heterocycles. The lowest BCUT2D eigenvalue weighted by atomic mass is 10.0. The van der Waals surface area contributed by atoms with Gasteiger partial charge in [-0.15, -0.1) is 0 Å². The molecule has 2 saturated heterocycles. The first-order valence-electron chi connectivity index (χ1n) is 9.35. The molecular formula is C19H29N3O2Si. The first-order chi connectivity index (χ1) is 12.0. The van der Waals surface area contributed by atoms with Crippen molar-refractivity contribution in [3.8, 4) is 0 Å². The highest BCUT2D eigenvalue weighted by Crippen LogP contribution is 2.33. The predicted molar refractivity (Wildman–Crippen MR) is 104 cm³/mol. The van der Waals surface area contributed by atoms with E-state index in [9.17, 15) is 0 Å². The average molecular weight is 360 g/mol. The van der Waals surface area contributed by atoms with Crippen molar-refractivity contribution in [1.29, 1.82) is 0 Å². The van der Waals surface area contributed by atoms with E-state index in [2.05, 4.69) is 47.4 Å². The van der Waals surface area contributed by atoms with Gasteiger partial charge in [-0.3, -0.25) is 0 Å². The zero-order valence-corrected chi connectivity index (χ0v) is 16.6.